The Hall–Kier alpha value is -1.44. The van der Waals surface area contributed by atoms with E-state index in [0.717, 1.165) is 51.4 Å². The van der Waals surface area contributed by atoms with E-state index >= 15 is 0 Å². The molecule has 0 aromatic heterocycles. The van der Waals surface area contributed by atoms with Crippen LogP contribution in [0.2, 0.25) is 0 Å². The fraction of sp³-hybridized carbons (Fsp3) is 0.857. The summed E-state index contributed by atoms with van der Waals surface area (Å²) in [4.78, 5) is 24.3. The van der Waals surface area contributed by atoms with Crippen molar-refractivity contribution in [2.24, 2.45) is 11.8 Å². The molecule has 7 heteroatoms. The highest BCUT2D eigenvalue weighted by Gasteiger charge is 2.36. The van der Waals surface area contributed by atoms with E-state index < -0.39 is 29.4 Å². The smallest absolute Gasteiger partial charge is 0.311 e. The highest BCUT2D eigenvalue weighted by atomic mass is 16.7. The molecular weight excluding hydrogens is 448 g/mol. The summed E-state index contributed by atoms with van der Waals surface area (Å²) >= 11 is 0. The molecule has 2 atom stereocenters. The minimum Gasteiger partial charge on any atom is -0.481 e. The molecule has 1 rings (SSSR count). The minimum atomic E-state index is -1.08. The number of aliphatic hydroxyl groups is 1. The van der Waals surface area contributed by atoms with Gasteiger partial charge in [0, 0.05) is 19.4 Å². The van der Waals surface area contributed by atoms with Gasteiger partial charge in [0.25, 0.3) is 0 Å². The van der Waals surface area contributed by atoms with Crippen molar-refractivity contribution in [1.82, 2.24) is 0 Å². The molecule has 0 aromatic carbocycles. The molecule has 7 nitrogen and oxygen atoms in total. The Balaban J connectivity index is 2.40. The number of esters is 1. The van der Waals surface area contributed by atoms with Crippen LogP contribution in [0.4, 0.5) is 0 Å². The lowest BCUT2D eigenvalue weighted by Gasteiger charge is -2.27. The quantitative estimate of drug-likeness (QED) is 0.127. The molecule has 0 saturated carbocycles. The van der Waals surface area contributed by atoms with E-state index in [1.165, 1.54) is 25.7 Å². The highest BCUT2D eigenvalue weighted by Crippen LogP contribution is 2.32. The van der Waals surface area contributed by atoms with Crippen molar-refractivity contribution in [2.75, 3.05) is 19.8 Å². The number of hydrogen-bond donors (Lipinski definition) is 2. The molecule has 1 aliphatic heterocycles. The molecule has 1 saturated heterocycles. The summed E-state index contributed by atoms with van der Waals surface area (Å²) in [6.07, 6.45) is 16.5. The first-order valence-corrected chi connectivity index (χ1v) is 13.6. The van der Waals surface area contributed by atoms with Crippen LogP contribution in [-0.4, -0.2) is 53.4 Å². The Morgan fingerprint density at radius 2 is 1.54 bits per heavy atom. The number of carbonyl (C=O) groups excluding carboxylic acids is 1. The van der Waals surface area contributed by atoms with Crippen LogP contribution < -0.4 is 0 Å². The number of allylic oxidation sites excluding steroid dienone is 1. The first kappa shape index (κ1) is 31.6. The molecule has 0 amide bonds. The number of aliphatic carboxylic acids is 1. The second kappa shape index (κ2) is 17.1. The molecule has 0 radical (unpaired) electrons. The van der Waals surface area contributed by atoms with Crippen LogP contribution in [0.3, 0.4) is 0 Å². The van der Waals surface area contributed by atoms with E-state index in [0.29, 0.717) is 13.2 Å². The summed E-state index contributed by atoms with van der Waals surface area (Å²) in [5, 5.41) is 19.0. The van der Waals surface area contributed by atoms with Crippen molar-refractivity contribution in [3.63, 3.8) is 0 Å². The number of carbonyl (C=O) groups is 2. The van der Waals surface area contributed by atoms with Crippen molar-refractivity contribution in [2.45, 2.75) is 123 Å². The molecule has 2 N–H and O–H groups in total. The molecule has 0 bridgehead atoms. The highest BCUT2D eigenvalue weighted by molar-refractivity contribution is 5.82. The zero-order chi connectivity index (χ0) is 26.2. The normalized spacial score (nSPS) is 17.5. The third-order valence-corrected chi connectivity index (χ3v) is 6.36. The first-order chi connectivity index (χ1) is 16.6. The molecule has 1 heterocycles. The maximum absolute atomic E-state index is 12.5. The Bertz CT molecular complexity index is 617. The van der Waals surface area contributed by atoms with Gasteiger partial charge >= 0.3 is 11.9 Å². The average Bonchev–Trinajstić information content (AvgIpc) is 3.24. The van der Waals surface area contributed by atoms with Crippen LogP contribution in [0.15, 0.2) is 12.2 Å². The third kappa shape index (κ3) is 13.4. The van der Waals surface area contributed by atoms with E-state index in [1.807, 2.05) is 6.08 Å². The van der Waals surface area contributed by atoms with Crippen LogP contribution in [0.1, 0.15) is 111 Å². The first-order valence-electron chi connectivity index (χ1n) is 13.6. The van der Waals surface area contributed by atoms with Crippen molar-refractivity contribution < 1.29 is 34.0 Å². The van der Waals surface area contributed by atoms with E-state index in [2.05, 4.69) is 6.92 Å². The predicted octanol–water partition coefficient (Wildman–Crippen LogP) is 6.03. The van der Waals surface area contributed by atoms with Gasteiger partial charge in [-0.25, -0.2) is 0 Å². The summed E-state index contributed by atoms with van der Waals surface area (Å²) in [7, 11) is 0. The van der Waals surface area contributed by atoms with Crippen LogP contribution in [-0.2, 0) is 23.8 Å². The molecule has 1 fully saturated rings. The number of carboxylic acid groups (broad SMARTS) is 1. The van der Waals surface area contributed by atoms with Gasteiger partial charge in [-0.1, -0.05) is 57.6 Å². The Kier molecular flexibility index (Phi) is 15.4. The maximum atomic E-state index is 12.5. The van der Waals surface area contributed by atoms with Gasteiger partial charge in [0.05, 0.1) is 25.0 Å². The standard InChI is InChI=1S/C28H50O7/c1-5-6-7-11-14-18-28(33-21-22-34-28)19-15-12-9-8-10-13-16-23(25(30)31)24(17-20-29)26(32)35-27(2,3)4/h13,16,23-24,29H,5-12,14-15,17-22H2,1-4H3,(H,30,31)/b16-13+/t23-,24+/m0/s1. The average molecular weight is 499 g/mol. The lowest BCUT2D eigenvalue weighted by molar-refractivity contribution is -0.168. The molecular formula is C28H50O7. The number of unbranched alkanes of at least 4 members (excludes halogenated alkanes) is 8. The number of aliphatic hydroxyl groups excluding tert-OH is 1. The molecule has 204 valence electrons. The lowest BCUT2D eigenvalue weighted by Crippen LogP contribution is -2.35. The minimum absolute atomic E-state index is 0.0563. The summed E-state index contributed by atoms with van der Waals surface area (Å²) < 4.78 is 17.4. The second-order valence-electron chi connectivity index (χ2n) is 10.7. The summed E-state index contributed by atoms with van der Waals surface area (Å²) in [5.41, 5.74) is -0.709. The van der Waals surface area contributed by atoms with Gasteiger partial charge in [-0.15, -0.1) is 0 Å². The van der Waals surface area contributed by atoms with E-state index in [1.54, 1.807) is 26.8 Å². The number of carboxylic acids is 1. The Morgan fingerprint density at radius 1 is 0.971 bits per heavy atom. The van der Waals surface area contributed by atoms with Gasteiger partial charge in [-0.3, -0.25) is 9.59 Å². The van der Waals surface area contributed by atoms with Crippen LogP contribution in [0.5, 0.6) is 0 Å². The maximum Gasteiger partial charge on any atom is 0.311 e. The number of ether oxygens (including phenoxy) is 3. The van der Waals surface area contributed by atoms with Crippen LogP contribution in [0.25, 0.3) is 0 Å². The monoisotopic (exact) mass is 498 g/mol. The van der Waals surface area contributed by atoms with Gasteiger partial charge < -0.3 is 24.4 Å². The predicted molar refractivity (Wildman–Crippen MR) is 137 cm³/mol. The molecule has 0 aliphatic carbocycles. The van der Waals surface area contributed by atoms with Crippen molar-refractivity contribution in [3.8, 4) is 0 Å². The summed E-state index contributed by atoms with van der Waals surface area (Å²) in [5.74, 6) is -3.96. The molecule has 0 unspecified atom stereocenters. The zero-order valence-electron chi connectivity index (χ0n) is 22.6. The van der Waals surface area contributed by atoms with Gasteiger partial charge in [0.1, 0.15) is 5.60 Å². The SMILES string of the molecule is CCCCCCCC1(CCCCCC/C=C/[C@H](C(=O)O)[C@@H](CCO)C(=O)OC(C)(C)C)OCCO1. The van der Waals surface area contributed by atoms with Gasteiger partial charge in [-0.05, 0) is 52.9 Å². The summed E-state index contributed by atoms with van der Waals surface area (Å²) in [6, 6.07) is 0. The van der Waals surface area contributed by atoms with Gasteiger partial charge in [-0.2, -0.15) is 0 Å². The fourth-order valence-corrected chi connectivity index (χ4v) is 4.51. The Labute approximate surface area is 212 Å². The van der Waals surface area contributed by atoms with E-state index in [4.69, 9.17) is 14.2 Å². The molecule has 1 aliphatic rings. The van der Waals surface area contributed by atoms with Gasteiger partial charge in [0.15, 0.2) is 5.79 Å². The van der Waals surface area contributed by atoms with Crippen molar-refractivity contribution in [1.29, 1.82) is 0 Å². The third-order valence-electron chi connectivity index (χ3n) is 6.36. The van der Waals surface area contributed by atoms with Crippen LogP contribution >= 0.6 is 0 Å². The number of rotatable bonds is 19. The van der Waals surface area contributed by atoms with Crippen LogP contribution in [0, 0.1) is 11.8 Å². The topological polar surface area (TPSA) is 102 Å². The molecule has 0 spiro atoms. The van der Waals surface area contributed by atoms with E-state index in [9.17, 15) is 19.8 Å². The molecule has 0 aromatic rings. The number of hydrogen-bond acceptors (Lipinski definition) is 6. The molecule has 35 heavy (non-hydrogen) atoms. The zero-order valence-corrected chi connectivity index (χ0v) is 22.6. The second-order valence-corrected chi connectivity index (χ2v) is 10.7. The van der Waals surface area contributed by atoms with Crippen molar-refractivity contribution >= 4 is 11.9 Å². The Morgan fingerprint density at radius 3 is 2.06 bits per heavy atom. The van der Waals surface area contributed by atoms with E-state index in [-0.39, 0.29) is 18.8 Å². The summed E-state index contributed by atoms with van der Waals surface area (Å²) in [6.45, 7) is 8.56. The fourth-order valence-electron chi connectivity index (χ4n) is 4.51. The van der Waals surface area contributed by atoms with Crippen molar-refractivity contribution in [3.05, 3.63) is 12.2 Å². The van der Waals surface area contributed by atoms with Gasteiger partial charge in [0.2, 0.25) is 0 Å². The lowest BCUT2D eigenvalue weighted by atomic mass is 9.88. The largest absolute Gasteiger partial charge is 0.481 e.